The van der Waals surface area contributed by atoms with Crippen molar-refractivity contribution in [2.75, 3.05) is 0 Å². The Balaban J connectivity index is 1.66. The molecule has 8 nitrogen and oxygen atoms in total. The molecule has 0 saturated carbocycles. The van der Waals surface area contributed by atoms with Crippen LogP contribution in [0, 0.1) is 6.92 Å². The van der Waals surface area contributed by atoms with Gasteiger partial charge >= 0.3 is 14.5 Å². The van der Waals surface area contributed by atoms with Gasteiger partial charge in [-0.1, -0.05) is 48.5 Å². The number of hydrogen-bond donors (Lipinski definition) is 3. The van der Waals surface area contributed by atoms with Crippen LogP contribution in [0.4, 0.5) is 0 Å². The van der Waals surface area contributed by atoms with Crippen molar-refractivity contribution in [1.29, 1.82) is 0 Å². The Kier molecular flexibility index (Phi) is 9.15. The molecule has 33 heavy (non-hydrogen) atoms. The highest BCUT2D eigenvalue weighted by atomic mass is 31.2. The van der Waals surface area contributed by atoms with Crippen molar-refractivity contribution in [2.24, 2.45) is 5.73 Å². The Morgan fingerprint density at radius 3 is 2.45 bits per heavy atom. The fourth-order valence-corrected chi connectivity index (χ4v) is 4.07. The molecule has 0 bridgehead atoms. The van der Waals surface area contributed by atoms with Gasteiger partial charge in [0.2, 0.25) is 0 Å². The summed E-state index contributed by atoms with van der Waals surface area (Å²) in [4.78, 5) is 16.7. The van der Waals surface area contributed by atoms with Crippen LogP contribution < -0.4 is 15.3 Å². The highest BCUT2D eigenvalue weighted by Crippen LogP contribution is 2.38. The van der Waals surface area contributed by atoms with Crippen LogP contribution in [0.1, 0.15) is 29.3 Å². The standard InChI is InChI=1S/C24H28N3O5P/c1-17-23(28)22(13-25)20(14-26-17)16-31-33(32-21-11-7-4-8-12-21)27-18(2)24(29)30-15-19-9-5-3-6-10-19/h3-12,14,18,27-28H,13,15-16,25H2,1-2H3/t18-,33?/m0/s1. The summed E-state index contributed by atoms with van der Waals surface area (Å²) in [6, 6.07) is 17.9. The average molecular weight is 469 g/mol. The molecule has 0 saturated heterocycles. The number of aromatic nitrogens is 1. The lowest BCUT2D eigenvalue weighted by molar-refractivity contribution is -0.146. The second-order valence-electron chi connectivity index (χ2n) is 7.28. The molecule has 0 aliphatic rings. The van der Waals surface area contributed by atoms with Crippen LogP contribution in [0.25, 0.3) is 0 Å². The van der Waals surface area contributed by atoms with Gasteiger partial charge in [0.15, 0.2) is 0 Å². The molecule has 0 aliphatic carbocycles. The summed E-state index contributed by atoms with van der Waals surface area (Å²) in [6.07, 6.45) is 1.62. The minimum atomic E-state index is -1.73. The number of aromatic hydroxyl groups is 1. The number of carbonyl (C=O) groups excluding carboxylic acids is 1. The summed E-state index contributed by atoms with van der Waals surface area (Å²) in [5, 5.41) is 13.3. The maximum Gasteiger partial charge on any atom is 0.323 e. The van der Waals surface area contributed by atoms with Crippen LogP contribution in [0.3, 0.4) is 0 Å². The van der Waals surface area contributed by atoms with Crippen molar-refractivity contribution < 1.29 is 23.7 Å². The Labute approximate surface area is 194 Å². The first-order valence-electron chi connectivity index (χ1n) is 10.5. The molecule has 3 aromatic rings. The van der Waals surface area contributed by atoms with E-state index >= 15 is 0 Å². The predicted molar refractivity (Wildman–Crippen MR) is 126 cm³/mol. The number of carbonyl (C=O) groups is 1. The molecule has 3 rings (SSSR count). The monoisotopic (exact) mass is 469 g/mol. The number of benzene rings is 2. The number of nitrogens with two attached hydrogens (primary N) is 1. The van der Waals surface area contributed by atoms with E-state index in [2.05, 4.69) is 10.1 Å². The number of nitrogens with zero attached hydrogens (tertiary/aromatic N) is 1. The number of nitrogens with one attached hydrogen (secondary N) is 1. The first kappa shape index (κ1) is 24.6. The zero-order valence-electron chi connectivity index (χ0n) is 18.6. The highest BCUT2D eigenvalue weighted by molar-refractivity contribution is 7.45. The SMILES string of the molecule is Cc1ncc(COP(N[C@@H](C)C(=O)OCc2ccccc2)Oc2ccccc2)c(CN)c1O. The number of ether oxygens (including phenoxy) is 1. The minimum absolute atomic E-state index is 0.0534. The molecule has 0 fully saturated rings. The Morgan fingerprint density at radius 1 is 1.12 bits per heavy atom. The molecule has 2 aromatic carbocycles. The zero-order valence-corrected chi connectivity index (χ0v) is 19.5. The summed E-state index contributed by atoms with van der Waals surface area (Å²) in [5.41, 5.74) is 8.41. The van der Waals surface area contributed by atoms with Crippen molar-refractivity contribution in [3.63, 3.8) is 0 Å². The molecule has 4 N–H and O–H groups in total. The van der Waals surface area contributed by atoms with Crippen LogP contribution >= 0.6 is 8.53 Å². The molecule has 174 valence electrons. The number of aryl methyl sites for hydroxylation is 1. The maximum atomic E-state index is 12.5. The molecule has 0 spiro atoms. The minimum Gasteiger partial charge on any atom is -0.506 e. The molecule has 1 unspecified atom stereocenters. The van der Waals surface area contributed by atoms with Crippen molar-refractivity contribution in [3.05, 3.63) is 89.2 Å². The molecule has 2 atom stereocenters. The van der Waals surface area contributed by atoms with Gasteiger partial charge in [-0.2, -0.15) is 0 Å². The van der Waals surface area contributed by atoms with Gasteiger partial charge < -0.3 is 24.6 Å². The van der Waals surface area contributed by atoms with Gasteiger partial charge in [0.1, 0.15) is 24.1 Å². The molecule has 0 aliphatic heterocycles. The van der Waals surface area contributed by atoms with E-state index in [0.29, 0.717) is 22.6 Å². The van der Waals surface area contributed by atoms with Crippen molar-refractivity contribution >= 4 is 14.5 Å². The first-order valence-corrected chi connectivity index (χ1v) is 11.6. The maximum absolute atomic E-state index is 12.5. The van der Waals surface area contributed by atoms with Gasteiger partial charge in [0.25, 0.3) is 0 Å². The number of rotatable bonds is 11. The lowest BCUT2D eigenvalue weighted by atomic mass is 10.1. The Hall–Kier alpha value is -3.03. The fourth-order valence-electron chi connectivity index (χ4n) is 2.90. The molecule has 9 heteroatoms. The van der Waals surface area contributed by atoms with E-state index in [1.807, 2.05) is 48.5 Å². The molecule has 1 heterocycles. The van der Waals surface area contributed by atoms with E-state index in [0.717, 1.165) is 5.56 Å². The second kappa shape index (κ2) is 12.3. The highest BCUT2D eigenvalue weighted by Gasteiger charge is 2.23. The van der Waals surface area contributed by atoms with Gasteiger partial charge in [0, 0.05) is 23.9 Å². The molecular weight excluding hydrogens is 441 g/mol. The lowest BCUT2D eigenvalue weighted by Crippen LogP contribution is -2.33. The van der Waals surface area contributed by atoms with Crippen molar-refractivity contribution in [1.82, 2.24) is 10.1 Å². The van der Waals surface area contributed by atoms with E-state index in [1.54, 1.807) is 32.2 Å². The summed E-state index contributed by atoms with van der Waals surface area (Å²) >= 11 is 0. The third kappa shape index (κ3) is 7.23. The van der Waals surface area contributed by atoms with Crippen LogP contribution in [-0.2, 0) is 33.8 Å². The quantitative estimate of drug-likeness (QED) is 0.284. The van der Waals surface area contributed by atoms with Gasteiger partial charge in [-0.3, -0.25) is 9.78 Å². The van der Waals surface area contributed by atoms with Gasteiger partial charge in [0.05, 0.1) is 12.3 Å². The predicted octanol–water partition coefficient (Wildman–Crippen LogP) is 4.10. The first-order chi connectivity index (χ1) is 16.0. The molecule has 0 radical (unpaired) electrons. The number of esters is 1. The molecular formula is C24H28N3O5P. The zero-order chi connectivity index (χ0) is 23.6. The lowest BCUT2D eigenvalue weighted by Gasteiger charge is -2.22. The Morgan fingerprint density at radius 2 is 1.79 bits per heavy atom. The second-order valence-corrected chi connectivity index (χ2v) is 8.49. The molecule has 0 amide bonds. The van der Waals surface area contributed by atoms with Crippen LogP contribution in [0.2, 0.25) is 0 Å². The normalized spacial score (nSPS) is 12.7. The topological polar surface area (TPSA) is 116 Å². The summed E-state index contributed by atoms with van der Waals surface area (Å²) in [7, 11) is -1.73. The summed E-state index contributed by atoms with van der Waals surface area (Å²) in [5.74, 6) is 0.214. The van der Waals surface area contributed by atoms with Gasteiger partial charge in [-0.05, 0) is 31.5 Å². The molecule has 1 aromatic heterocycles. The van der Waals surface area contributed by atoms with Crippen LogP contribution in [-0.4, -0.2) is 22.1 Å². The van der Waals surface area contributed by atoms with Crippen LogP contribution in [0.15, 0.2) is 66.9 Å². The van der Waals surface area contributed by atoms with E-state index in [9.17, 15) is 9.90 Å². The smallest absolute Gasteiger partial charge is 0.323 e. The van der Waals surface area contributed by atoms with Crippen molar-refractivity contribution in [2.45, 2.75) is 39.6 Å². The third-order valence-electron chi connectivity index (χ3n) is 4.78. The summed E-state index contributed by atoms with van der Waals surface area (Å²) in [6.45, 7) is 3.80. The van der Waals surface area contributed by atoms with Crippen LogP contribution in [0.5, 0.6) is 11.5 Å². The van der Waals surface area contributed by atoms with Gasteiger partial charge in [-0.25, -0.2) is 5.09 Å². The Bertz CT molecular complexity index is 1040. The fraction of sp³-hybridized carbons (Fsp3) is 0.250. The average Bonchev–Trinajstić information content (AvgIpc) is 2.84. The number of pyridine rings is 1. The number of para-hydroxylation sites is 1. The summed E-state index contributed by atoms with van der Waals surface area (Å²) < 4.78 is 17.3. The largest absolute Gasteiger partial charge is 0.506 e. The van der Waals surface area contributed by atoms with E-state index < -0.39 is 20.5 Å². The van der Waals surface area contributed by atoms with Crippen molar-refractivity contribution in [3.8, 4) is 11.5 Å². The van der Waals surface area contributed by atoms with E-state index in [4.69, 9.17) is 19.5 Å². The van der Waals surface area contributed by atoms with Gasteiger partial charge in [-0.15, -0.1) is 0 Å². The van der Waals surface area contributed by atoms with E-state index in [1.165, 1.54) is 0 Å². The van der Waals surface area contributed by atoms with E-state index in [-0.39, 0.29) is 25.5 Å². The third-order valence-corrected chi connectivity index (χ3v) is 6.12. The number of hydrogen-bond acceptors (Lipinski definition) is 8.